The van der Waals surface area contributed by atoms with Crippen LogP contribution in [-0.2, 0) is 9.59 Å². The number of carbonyl (C=O) groups excluding carboxylic acids is 3. The Labute approximate surface area is 154 Å². The number of rotatable bonds is 5. The Hall–Kier alpha value is -2.68. The van der Waals surface area contributed by atoms with E-state index >= 15 is 0 Å². The highest BCUT2D eigenvalue weighted by atomic mass is 32.1. The number of likely N-dealkylation sites (tertiary alicyclic amines) is 1. The molecule has 1 unspecified atom stereocenters. The second-order valence-electron chi connectivity index (χ2n) is 6.15. The number of amides is 3. The van der Waals surface area contributed by atoms with Crippen molar-refractivity contribution < 1.29 is 14.4 Å². The SMILES string of the molecule is CCC(=O)N1CCCCC1C(=O)Nc1nc(-c2c[nH]c(C(N)=O)c2)cs1. The van der Waals surface area contributed by atoms with Gasteiger partial charge in [-0.1, -0.05) is 6.92 Å². The van der Waals surface area contributed by atoms with Crippen molar-refractivity contribution >= 4 is 34.2 Å². The van der Waals surface area contributed by atoms with Crippen molar-refractivity contribution in [3.63, 3.8) is 0 Å². The van der Waals surface area contributed by atoms with Gasteiger partial charge in [-0.15, -0.1) is 11.3 Å². The number of nitrogens with one attached hydrogen (secondary N) is 2. The van der Waals surface area contributed by atoms with Gasteiger partial charge in [0.25, 0.3) is 5.91 Å². The van der Waals surface area contributed by atoms with E-state index in [0.29, 0.717) is 35.9 Å². The van der Waals surface area contributed by atoms with Crippen LogP contribution in [0, 0.1) is 0 Å². The molecule has 0 aromatic carbocycles. The van der Waals surface area contributed by atoms with Gasteiger partial charge in [0.15, 0.2) is 5.13 Å². The fourth-order valence-electron chi connectivity index (χ4n) is 3.04. The third-order valence-corrected chi connectivity index (χ3v) is 5.16. The molecule has 3 amide bonds. The number of hydrogen-bond donors (Lipinski definition) is 3. The van der Waals surface area contributed by atoms with Crippen LogP contribution in [0.5, 0.6) is 0 Å². The lowest BCUT2D eigenvalue weighted by molar-refractivity contribution is -0.140. The summed E-state index contributed by atoms with van der Waals surface area (Å²) in [5, 5.41) is 5.06. The second kappa shape index (κ2) is 7.69. The molecule has 1 atom stereocenters. The molecule has 3 heterocycles. The van der Waals surface area contributed by atoms with Crippen molar-refractivity contribution in [3.8, 4) is 11.3 Å². The molecule has 0 saturated carbocycles. The molecule has 0 spiro atoms. The van der Waals surface area contributed by atoms with Gasteiger partial charge < -0.3 is 20.9 Å². The molecule has 0 aliphatic carbocycles. The maximum atomic E-state index is 12.6. The summed E-state index contributed by atoms with van der Waals surface area (Å²) in [7, 11) is 0. The van der Waals surface area contributed by atoms with Gasteiger partial charge in [-0.2, -0.15) is 0 Å². The predicted molar refractivity (Wildman–Crippen MR) is 98.7 cm³/mol. The number of carbonyl (C=O) groups is 3. The lowest BCUT2D eigenvalue weighted by Crippen LogP contribution is -2.49. The van der Waals surface area contributed by atoms with E-state index in [1.165, 1.54) is 11.3 Å². The normalized spacial score (nSPS) is 17.1. The first kappa shape index (κ1) is 18.1. The van der Waals surface area contributed by atoms with Crippen LogP contribution >= 0.6 is 11.3 Å². The maximum Gasteiger partial charge on any atom is 0.265 e. The summed E-state index contributed by atoms with van der Waals surface area (Å²) >= 11 is 1.29. The van der Waals surface area contributed by atoms with E-state index in [4.69, 9.17) is 5.73 Å². The van der Waals surface area contributed by atoms with Crippen molar-refractivity contribution in [2.45, 2.75) is 38.6 Å². The molecule has 9 heteroatoms. The summed E-state index contributed by atoms with van der Waals surface area (Å²) in [6, 6.07) is 1.17. The molecular formula is C17H21N5O3S. The number of primary amides is 1. The van der Waals surface area contributed by atoms with Gasteiger partial charge in [-0.3, -0.25) is 14.4 Å². The molecule has 138 valence electrons. The molecule has 1 saturated heterocycles. The molecule has 26 heavy (non-hydrogen) atoms. The Bertz CT molecular complexity index is 828. The summed E-state index contributed by atoms with van der Waals surface area (Å²) in [6.07, 6.45) is 4.54. The van der Waals surface area contributed by atoms with E-state index in [-0.39, 0.29) is 11.8 Å². The van der Waals surface area contributed by atoms with Crippen molar-refractivity contribution in [2.75, 3.05) is 11.9 Å². The van der Waals surface area contributed by atoms with Crippen LogP contribution in [0.4, 0.5) is 5.13 Å². The zero-order valence-corrected chi connectivity index (χ0v) is 15.3. The van der Waals surface area contributed by atoms with Crippen molar-refractivity contribution in [2.24, 2.45) is 5.73 Å². The third kappa shape index (κ3) is 3.77. The van der Waals surface area contributed by atoms with E-state index in [2.05, 4.69) is 15.3 Å². The molecule has 2 aromatic heterocycles. The van der Waals surface area contributed by atoms with Gasteiger partial charge in [-0.25, -0.2) is 4.98 Å². The number of hydrogen-bond acceptors (Lipinski definition) is 5. The summed E-state index contributed by atoms with van der Waals surface area (Å²) in [5.41, 5.74) is 6.89. The van der Waals surface area contributed by atoms with E-state index in [1.54, 1.807) is 29.5 Å². The highest BCUT2D eigenvalue weighted by Crippen LogP contribution is 2.26. The van der Waals surface area contributed by atoms with Gasteiger partial charge in [-0.05, 0) is 25.3 Å². The predicted octanol–water partition coefficient (Wildman–Crippen LogP) is 1.97. The van der Waals surface area contributed by atoms with Crippen LogP contribution in [-0.4, -0.2) is 45.2 Å². The fourth-order valence-corrected chi connectivity index (χ4v) is 3.77. The number of H-pyrrole nitrogens is 1. The quantitative estimate of drug-likeness (QED) is 0.739. The number of aromatic amines is 1. The third-order valence-electron chi connectivity index (χ3n) is 4.41. The first-order valence-corrected chi connectivity index (χ1v) is 9.42. The summed E-state index contributed by atoms with van der Waals surface area (Å²) in [4.78, 5) is 44.7. The maximum absolute atomic E-state index is 12.6. The number of nitrogens with two attached hydrogens (primary N) is 1. The largest absolute Gasteiger partial charge is 0.364 e. The lowest BCUT2D eigenvalue weighted by Gasteiger charge is -2.34. The molecule has 1 fully saturated rings. The molecular weight excluding hydrogens is 354 g/mol. The molecule has 0 radical (unpaired) electrons. The smallest absolute Gasteiger partial charge is 0.265 e. The lowest BCUT2D eigenvalue weighted by atomic mass is 10.0. The Morgan fingerprint density at radius 3 is 2.92 bits per heavy atom. The highest BCUT2D eigenvalue weighted by molar-refractivity contribution is 7.14. The molecule has 1 aliphatic rings. The van der Waals surface area contributed by atoms with Crippen LogP contribution in [0.2, 0.25) is 0 Å². The molecule has 0 bridgehead atoms. The molecule has 2 aromatic rings. The molecule has 3 rings (SSSR count). The van der Waals surface area contributed by atoms with Crippen molar-refractivity contribution in [1.29, 1.82) is 0 Å². The van der Waals surface area contributed by atoms with Crippen LogP contribution in [0.25, 0.3) is 11.3 Å². The van der Waals surface area contributed by atoms with Gasteiger partial charge in [0.1, 0.15) is 11.7 Å². The van der Waals surface area contributed by atoms with E-state index < -0.39 is 11.9 Å². The van der Waals surface area contributed by atoms with Crippen LogP contribution in [0.3, 0.4) is 0 Å². The zero-order valence-electron chi connectivity index (χ0n) is 14.4. The monoisotopic (exact) mass is 375 g/mol. The summed E-state index contributed by atoms with van der Waals surface area (Å²) in [6.45, 7) is 2.42. The second-order valence-corrected chi connectivity index (χ2v) is 7.00. The summed E-state index contributed by atoms with van der Waals surface area (Å²) < 4.78 is 0. The van der Waals surface area contributed by atoms with Gasteiger partial charge in [0.05, 0.1) is 5.69 Å². The van der Waals surface area contributed by atoms with Gasteiger partial charge in [0.2, 0.25) is 11.8 Å². The van der Waals surface area contributed by atoms with Crippen LogP contribution in [0.1, 0.15) is 43.1 Å². The molecule has 8 nitrogen and oxygen atoms in total. The average Bonchev–Trinajstić information content (AvgIpc) is 3.30. The minimum Gasteiger partial charge on any atom is -0.364 e. The standard InChI is InChI=1S/C17H21N5O3S/c1-2-14(23)22-6-4-3-5-13(22)16(25)21-17-20-12(9-26-17)10-7-11(15(18)24)19-8-10/h7-9,13,19H,2-6H2,1H3,(H2,18,24)(H,20,21,25). The highest BCUT2D eigenvalue weighted by Gasteiger charge is 2.31. The van der Waals surface area contributed by atoms with E-state index in [1.807, 2.05) is 0 Å². The van der Waals surface area contributed by atoms with Crippen molar-refractivity contribution in [1.82, 2.24) is 14.9 Å². The Morgan fingerprint density at radius 2 is 2.23 bits per heavy atom. The number of piperidine rings is 1. The number of thiazole rings is 1. The summed E-state index contributed by atoms with van der Waals surface area (Å²) in [5.74, 6) is -0.756. The van der Waals surface area contributed by atoms with E-state index in [9.17, 15) is 14.4 Å². The first-order valence-electron chi connectivity index (χ1n) is 8.54. The minimum absolute atomic E-state index is 0.00372. The topological polar surface area (TPSA) is 121 Å². The van der Waals surface area contributed by atoms with Crippen molar-refractivity contribution in [3.05, 3.63) is 23.3 Å². The Balaban J connectivity index is 1.70. The first-order chi connectivity index (χ1) is 12.5. The van der Waals surface area contributed by atoms with Crippen LogP contribution in [0.15, 0.2) is 17.6 Å². The number of anilines is 1. The minimum atomic E-state index is -0.544. The Kier molecular flexibility index (Phi) is 5.36. The zero-order chi connectivity index (χ0) is 18.7. The molecule has 1 aliphatic heterocycles. The van der Waals surface area contributed by atoms with Crippen LogP contribution < -0.4 is 11.1 Å². The van der Waals surface area contributed by atoms with E-state index in [0.717, 1.165) is 18.4 Å². The number of aromatic nitrogens is 2. The van der Waals surface area contributed by atoms with Gasteiger partial charge >= 0.3 is 0 Å². The fraction of sp³-hybridized carbons (Fsp3) is 0.412. The number of nitrogens with zero attached hydrogens (tertiary/aromatic N) is 2. The average molecular weight is 375 g/mol. The molecule has 4 N–H and O–H groups in total. The Morgan fingerprint density at radius 1 is 1.42 bits per heavy atom. The van der Waals surface area contributed by atoms with Gasteiger partial charge in [0, 0.05) is 30.1 Å².